The summed E-state index contributed by atoms with van der Waals surface area (Å²) in [5.74, 6) is 0.642. The third-order valence-corrected chi connectivity index (χ3v) is 4.27. The number of aryl methyl sites for hydroxylation is 1. The second-order valence-electron chi connectivity index (χ2n) is 5.92. The van der Waals surface area contributed by atoms with Crippen molar-refractivity contribution >= 4 is 23.2 Å². The number of benzene rings is 1. The first-order chi connectivity index (χ1) is 12.0. The number of carbonyl (C=O) groups excluding carboxylic acids is 1. The van der Waals surface area contributed by atoms with Crippen LogP contribution in [-0.2, 0) is 4.79 Å². The van der Waals surface area contributed by atoms with Crippen molar-refractivity contribution in [3.63, 3.8) is 0 Å². The summed E-state index contributed by atoms with van der Waals surface area (Å²) in [6, 6.07) is 5.53. The Hall–Kier alpha value is -2.53. The molecule has 0 aliphatic heterocycles. The number of amides is 1. The summed E-state index contributed by atoms with van der Waals surface area (Å²) >= 11 is 6.00. The molecule has 1 atom stereocenters. The van der Waals surface area contributed by atoms with Crippen LogP contribution in [0, 0.1) is 6.92 Å². The number of hydrogen-bond donors (Lipinski definition) is 1. The molecule has 0 bridgehead atoms. The lowest BCUT2D eigenvalue weighted by Gasteiger charge is -2.13. The zero-order valence-corrected chi connectivity index (χ0v) is 15.0. The van der Waals surface area contributed by atoms with E-state index in [2.05, 4.69) is 10.3 Å². The Morgan fingerprint density at radius 1 is 1.48 bits per heavy atom. The summed E-state index contributed by atoms with van der Waals surface area (Å²) in [4.78, 5) is 16.5. The number of alkyl halides is 1. The molecule has 5 nitrogen and oxygen atoms in total. The fraction of sp³-hybridized carbons (Fsp3) is 0.263. The molecule has 6 heteroatoms. The number of anilines is 1. The van der Waals surface area contributed by atoms with Crippen LogP contribution in [0.15, 0.2) is 54.5 Å². The zero-order valence-electron chi connectivity index (χ0n) is 14.2. The van der Waals surface area contributed by atoms with Crippen molar-refractivity contribution in [1.29, 1.82) is 0 Å². The lowest BCUT2D eigenvalue weighted by Crippen LogP contribution is -2.13. The van der Waals surface area contributed by atoms with Crippen molar-refractivity contribution < 1.29 is 9.53 Å². The van der Waals surface area contributed by atoms with Crippen LogP contribution in [0.3, 0.4) is 0 Å². The molecule has 0 spiro atoms. The topological polar surface area (TPSA) is 56.1 Å². The first-order valence-corrected chi connectivity index (χ1v) is 8.49. The highest BCUT2D eigenvalue weighted by atomic mass is 35.5. The van der Waals surface area contributed by atoms with Gasteiger partial charge in [0.2, 0.25) is 5.91 Å². The van der Waals surface area contributed by atoms with Gasteiger partial charge in [0, 0.05) is 11.9 Å². The molecule has 1 N–H and O–H groups in total. The van der Waals surface area contributed by atoms with Gasteiger partial charge in [-0.05, 0) is 37.1 Å². The molecule has 25 heavy (non-hydrogen) atoms. The molecule has 1 aromatic carbocycles. The lowest BCUT2D eigenvalue weighted by atomic mass is 10.0. The highest BCUT2D eigenvalue weighted by Gasteiger charge is 2.12. The van der Waals surface area contributed by atoms with Crippen LogP contribution >= 0.6 is 11.6 Å². The Bertz CT molecular complexity index is 839. The normalized spacial score (nSPS) is 16.4. The van der Waals surface area contributed by atoms with Crippen molar-refractivity contribution in [1.82, 2.24) is 9.55 Å². The first kappa shape index (κ1) is 17.3. The van der Waals surface area contributed by atoms with Crippen LogP contribution in [-0.4, -0.2) is 27.9 Å². The third kappa shape index (κ3) is 4.31. The van der Waals surface area contributed by atoms with E-state index in [9.17, 15) is 4.79 Å². The Morgan fingerprint density at radius 2 is 2.32 bits per heavy atom. The second kappa shape index (κ2) is 7.57. The molecule has 1 amide bonds. The second-order valence-corrected chi connectivity index (χ2v) is 6.48. The molecule has 0 saturated carbocycles. The van der Waals surface area contributed by atoms with Crippen molar-refractivity contribution in [3.8, 4) is 11.4 Å². The summed E-state index contributed by atoms with van der Waals surface area (Å²) in [6.45, 7) is 1.92. The summed E-state index contributed by atoms with van der Waals surface area (Å²) in [5.41, 5.74) is 3.42. The van der Waals surface area contributed by atoms with E-state index in [0.29, 0.717) is 17.9 Å². The molecule has 1 aliphatic carbocycles. The highest BCUT2D eigenvalue weighted by Crippen LogP contribution is 2.27. The number of hydrogen-bond acceptors (Lipinski definition) is 3. The molecule has 0 saturated heterocycles. The number of carbonyl (C=O) groups is 1. The quantitative estimate of drug-likeness (QED) is 0.822. The summed E-state index contributed by atoms with van der Waals surface area (Å²) < 4.78 is 7.28. The van der Waals surface area contributed by atoms with Gasteiger partial charge in [-0.3, -0.25) is 4.79 Å². The van der Waals surface area contributed by atoms with Gasteiger partial charge in [-0.15, -0.1) is 11.6 Å². The molecule has 1 unspecified atom stereocenters. The third-order valence-electron chi connectivity index (χ3n) is 3.94. The van der Waals surface area contributed by atoms with E-state index in [4.69, 9.17) is 16.3 Å². The monoisotopic (exact) mass is 357 g/mol. The van der Waals surface area contributed by atoms with E-state index < -0.39 is 0 Å². The van der Waals surface area contributed by atoms with E-state index in [1.165, 1.54) is 0 Å². The van der Waals surface area contributed by atoms with Crippen molar-refractivity contribution in [2.75, 3.05) is 12.4 Å². The fourth-order valence-corrected chi connectivity index (χ4v) is 2.84. The highest BCUT2D eigenvalue weighted by molar-refractivity contribution is 6.22. The molecule has 1 aliphatic rings. The standard InChI is InChI=1S/C19H20ClN3O2/c1-13-11-23(12-21-13)17-10-16(7-8-18(17)25-2)22-19(24)9-14-3-5-15(20)6-4-14/h3-5,7-8,10-12,15H,6,9H2,1-2H3,(H,22,24). The largest absolute Gasteiger partial charge is 0.495 e. The summed E-state index contributed by atoms with van der Waals surface area (Å²) in [7, 11) is 1.62. The number of halogens is 1. The van der Waals surface area contributed by atoms with Gasteiger partial charge in [-0.25, -0.2) is 4.98 Å². The molecular formula is C19H20ClN3O2. The Labute approximate surface area is 152 Å². The molecule has 1 heterocycles. The summed E-state index contributed by atoms with van der Waals surface area (Å²) in [5, 5.41) is 2.96. The predicted molar refractivity (Wildman–Crippen MR) is 99.6 cm³/mol. The molecule has 2 aromatic rings. The van der Waals surface area contributed by atoms with E-state index in [1.807, 2.05) is 54.1 Å². The average Bonchev–Trinajstić information content (AvgIpc) is 3.03. The lowest BCUT2D eigenvalue weighted by molar-refractivity contribution is -0.115. The maximum atomic E-state index is 12.3. The molecule has 0 radical (unpaired) electrons. The van der Waals surface area contributed by atoms with Crippen molar-refractivity contribution in [2.45, 2.75) is 25.1 Å². The SMILES string of the molecule is COc1ccc(NC(=O)CC2=CCC(Cl)C=C2)cc1-n1cnc(C)c1. The van der Waals surface area contributed by atoms with Gasteiger partial charge in [0.05, 0.1) is 36.6 Å². The minimum absolute atomic E-state index is 0.0228. The van der Waals surface area contributed by atoms with Crippen molar-refractivity contribution in [3.05, 3.63) is 60.2 Å². The number of methoxy groups -OCH3 is 1. The van der Waals surface area contributed by atoms with Crippen LogP contribution in [0.2, 0.25) is 0 Å². The summed E-state index contributed by atoms with van der Waals surface area (Å²) in [6.07, 6.45) is 10.5. The first-order valence-electron chi connectivity index (χ1n) is 8.05. The molecule has 1 aromatic heterocycles. The van der Waals surface area contributed by atoms with Crippen LogP contribution < -0.4 is 10.1 Å². The minimum Gasteiger partial charge on any atom is -0.495 e. The Kier molecular flexibility index (Phi) is 5.24. The zero-order chi connectivity index (χ0) is 17.8. The maximum absolute atomic E-state index is 12.3. The smallest absolute Gasteiger partial charge is 0.228 e. The number of nitrogens with zero attached hydrogens (tertiary/aromatic N) is 2. The minimum atomic E-state index is -0.0677. The predicted octanol–water partition coefficient (Wildman–Crippen LogP) is 4.01. The van der Waals surface area contributed by atoms with Gasteiger partial charge in [0.25, 0.3) is 0 Å². The van der Waals surface area contributed by atoms with Crippen LogP contribution in [0.4, 0.5) is 5.69 Å². The van der Waals surface area contributed by atoms with Gasteiger partial charge in [0.1, 0.15) is 5.75 Å². The van der Waals surface area contributed by atoms with Gasteiger partial charge in [-0.1, -0.05) is 18.2 Å². The van der Waals surface area contributed by atoms with Gasteiger partial charge < -0.3 is 14.6 Å². The molecule has 0 fully saturated rings. The maximum Gasteiger partial charge on any atom is 0.228 e. The number of ether oxygens (including phenoxy) is 1. The Balaban J connectivity index is 1.74. The average molecular weight is 358 g/mol. The number of imidazole rings is 1. The number of rotatable bonds is 5. The fourth-order valence-electron chi connectivity index (χ4n) is 2.68. The van der Waals surface area contributed by atoms with Crippen LogP contribution in [0.25, 0.3) is 5.69 Å². The van der Waals surface area contributed by atoms with E-state index in [0.717, 1.165) is 23.4 Å². The number of aromatic nitrogens is 2. The Morgan fingerprint density at radius 3 is 2.96 bits per heavy atom. The van der Waals surface area contributed by atoms with E-state index in [1.54, 1.807) is 13.4 Å². The number of allylic oxidation sites excluding steroid dienone is 3. The van der Waals surface area contributed by atoms with E-state index >= 15 is 0 Å². The van der Waals surface area contributed by atoms with Gasteiger partial charge in [0.15, 0.2) is 0 Å². The molecular weight excluding hydrogens is 338 g/mol. The van der Waals surface area contributed by atoms with Gasteiger partial charge in [-0.2, -0.15) is 0 Å². The molecule has 130 valence electrons. The van der Waals surface area contributed by atoms with Gasteiger partial charge >= 0.3 is 0 Å². The van der Waals surface area contributed by atoms with E-state index in [-0.39, 0.29) is 11.3 Å². The molecule has 3 rings (SSSR count). The van der Waals surface area contributed by atoms with Crippen molar-refractivity contribution in [2.24, 2.45) is 0 Å². The van der Waals surface area contributed by atoms with Crippen LogP contribution in [0.5, 0.6) is 5.75 Å². The van der Waals surface area contributed by atoms with Crippen LogP contribution in [0.1, 0.15) is 18.5 Å². The number of nitrogens with one attached hydrogen (secondary N) is 1.